The number of carbonyl (C=O) groups is 2. The van der Waals surface area contributed by atoms with Crippen molar-refractivity contribution in [2.24, 2.45) is 11.8 Å². The van der Waals surface area contributed by atoms with Gasteiger partial charge in [-0.05, 0) is 42.0 Å². The fraction of sp³-hybridized carbons (Fsp3) is 0.500. The van der Waals surface area contributed by atoms with E-state index in [1.807, 2.05) is 24.3 Å². The molecule has 136 valence electrons. The van der Waals surface area contributed by atoms with Crippen LogP contribution in [0.15, 0.2) is 30.3 Å². The Morgan fingerprint density at radius 1 is 1.20 bits per heavy atom. The molecular formula is C20H27NO4. The first-order valence-electron chi connectivity index (χ1n) is 8.78. The largest absolute Gasteiger partial charge is 0.497 e. The number of ether oxygens (including phenoxy) is 2. The van der Waals surface area contributed by atoms with Gasteiger partial charge in [-0.3, -0.25) is 4.79 Å². The highest BCUT2D eigenvalue weighted by atomic mass is 16.5. The number of hydrogen-bond donors (Lipinski definition) is 1. The number of hydrogen-bond acceptors (Lipinski definition) is 4. The smallest absolute Gasteiger partial charge is 0.331 e. The summed E-state index contributed by atoms with van der Waals surface area (Å²) in [5.74, 6) is 1.04. The summed E-state index contributed by atoms with van der Waals surface area (Å²) in [7, 11) is 1.60. The molecule has 0 aliphatic heterocycles. The zero-order valence-electron chi connectivity index (χ0n) is 15.2. The number of amides is 1. The zero-order chi connectivity index (χ0) is 18.2. The molecule has 0 heterocycles. The molecule has 1 aromatic carbocycles. The van der Waals surface area contributed by atoms with E-state index in [9.17, 15) is 9.59 Å². The number of nitrogens with one attached hydrogen (secondary N) is 1. The number of carbonyl (C=O) groups excluding carboxylic acids is 2. The van der Waals surface area contributed by atoms with Crippen molar-refractivity contribution in [1.82, 2.24) is 5.32 Å². The van der Waals surface area contributed by atoms with Crippen LogP contribution in [0, 0.1) is 11.8 Å². The van der Waals surface area contributed by atoms with Crippen LogP contribution in [-0.2, 0) is 14.3 Å². The van der Waals surface area contributed by atoms with Crippen molar-refractivity contribution in [3.8, 4) is 5.75 Å². The molecule has 2 rings (SSSR count). The summed E-state index contributed by atoms with van der Waals surface area (Å²) in [6, 6.07) is 7.46. The summed E-state index contributed by atoms with van der Waals surface area (Å²) >= 11 is 0. The standard InChI is InChI=1S/C20H27NO4/c1-14-5-4-6-18(15(14)2)21-19(22)13-25-20(23)12-9-16-7-10-17(24-3)11-8-16/h7-12,14-15,18H,4-6,13H2,1-3H3,(H,21,22). The van der Waals surface area contributed by atoms with Crippen LogP contribution < -0.4 is 10.1 Å². The Morgan fingerprint density at radius 2 is 1.92 bits per heavy atom. The summed E-state index contributed by atoms with van der Waals surface area (Å²) < 4.78 is 10.1. The van der Waals surface area contributed by atoms with E-state index in [4.69, 9.17) is 9.47 Å². The van der Waals surface area contributed by atoms with E-state index in [0.29, 0.717) is 11.8 Å². The lowest BCUT2D eigenvalue weighted by Crippen LogP contribution is -2.45. The molecule has 3 atom stereocenters. The van der Waals surface area contributed by atoms with E-state index < -0.39 is 5.97 Å². The maximum absolute atomic E-state index is 12.0. The average Bonchev–Trinajstić information content (AvgIpc) is 2.62. The zero-order valence-corrected chi connectivity index (χ0v) is 15.2. The lowest BCUT2D eigenvalue weighted by molar-refractivity contribution is -0.144. The van der Waals surface area contributed by atoms with Crippen LogP contribution in [0.2, 0.25) is 0 Å². The van der Waals surface area contributed by atoms with Gasteiger partial charge >= 0.3 is 5.97 Å². The van der Waals surface area contributed by atoms with Crippen molar-refractivity contribution in [3.63, 3.8) is 0 Å². The fourth-order valence-electron chi connectivity index (χ4n) is 3.10. The first-order valence-corrected chi connectivity index (χ1v) is 8.78. The third-order valence-corrected chi connectivity index (χ3v) is 4.93. The molecule has 25 heavy (non-hydrogen) atoms. The maximum Gasteiger partial charge on any atom is 0.331 e. The first kappa shape index (κ1) is 19.0. The van der Waals surface area contributed by atoms with E-state index in [0.717, 1.165) is 24.2 Å². The van der Waals surface area contributed by atoms with E-state index in [-0.39, 0.29) is 18.6 Å². The molecule has 0 aromatic heterocycles. The molecule has 1 amide bonds. The van der Waals surface area contributed by atoms with Crippen molar-refractivity contribution < 1.29 is 19.1 Å². The SMILES string of the molecule is COc1ccc(C=CC(=O)OCC(=O)NC2CCCC(C)C2C)cc1. The third-order valence-electron chi connectivity index (χ3n) is 4.93. The highest BCUT2D eigenvalue weighted by Gasteiger charge is 2.28. The van der Waals surface area contributed by atoms with Crippen LogP contribution in [0.5, 0.6) is 5.75 Å². The minimum Gasteiger partial charge on any atom is -0.497 e. The Morgan fingerprint density at radius 3 is 2.60 bits per heavy atom. The summed E-state index contributed by atoms with van der Waals surface area (Å²) in [5, 5.41) is 2.99. The highest BCUT2D eigenvalue weighted by Crippen LogP contribution is 2.29. The Hall–Kier alpha value is -2.30. The summed E-state index contributed by atoms with van der Waals surface area (Å²) in [5.41, 5.74) is 0.854. The third kappa shape index (κ3) is 5.93. The van der Waals surface area contributed by atoms with E-state index in [1.165, 1.54) is 12.5 Å². The Kier molecular flexibility index (Phi) is 7.04. The second-order valence-corrected chi connectivity index (χ2v) is 6.66. The van der Waals surface area contributed by atoms with Gasteiger partial charge in [-0.25, -0.2) is 4.79 Å². The highest BCUT2D eigenvalue weighted by molar-refractivity contribution is 5.89. The predicted molar refractivity (Wildman–Crippen MR) is 97.1 cm³/mol. The normalized spacial score (nSPS) is 23.2. The van der Waals surface area contributed by atoms with Crippen LogP contribution in [0.3, 0.4) is 0 Å². The van der Waals surface area contributed by atoms with E-state index in [2.05, 4.69) is 19.2 Å². The van der Waals surface area contributed by atoms with Crippen LogP contribution in [0.4, 0.5) is 0 Å². The molecule has 1 N–H and O–H groups in total. The van der Waals surface area contributed by atoms with Crippen LogP contribution in [0.25, 0.3) is 6.08 Å². The van der Waals surface area contributed by atoms with Gasteiger partial charge in [-0.2, -0.15) is 0 Å². The van der Waals surface area contributed by atoms with Crippen molar-refractivity contribution in [3.05, 3.63) is 35.9 Å². The van der Waals surface area contributed by atoms with Crippen LogP contribution in [-0.4, -0.2) is 31.6 Å². The molecule has 3 unspecified atom stereocenters. The van der Waals surface area contributed by atoms with Gasteiger partial charge in [0.1, 0.15) is 5.75 Å². The van der Waals surface area contributed by atoms with Crippen LogP contribution >= 0.6 is 0 Å². The lowest BCUT2D eigenvalue weighted by atomic mass is 9.78. The molecular weight excluding hydrogens is 318 g/mol. The predicted octanol–water partition coefficient (Wildman–Crippen LogP) is 3.19. The molecule has 5 nitrogen and oxygen atoms in total. The van der Waals surface area contributed by atoms with Crippen molar-refractivity contribution in [2.45, 2.75) is 39.2 Å². The van der Waals surface area contributed by atoms with E-state index in [1.54, 1.807) is 13.2 Å². The van der Waals surface area contributed by atoms with Gasteiger partial charge in [0.05, 0.1) is 7.11 Å². The molecule has 1 saturated carbocycles. The quantitative estimate of drug-likeness (QED) is 0.635. The summed E-state index contributed by atoms with van der Waals surface area (Å²) in [6.45, 7) is 4.13. The Labute approximate surface area is 149 Å². The van der Waals surface area contributed by atoms with Crippen molar-refractivity contribution in [1.29, 1.82) is 0 Å². The molecule has 1 aromatic rings. The summed E-state index contributed by atoms with van der Waals surface area (Å²) in [4.78, 5) is 23.7. The average molecular weight is 345 g/mol. The van der Waals surface area contributed by atoms with Crippen LogP contribution in [0.1, 0.15) is 38.7 Å². The summed E-state index contributed by atoms with van der Waals surface area (Å²) in [6.07, 6.45) is 6.28. The number of rotatable bonds is 6. The molecule has 1 fully saturated rings. The molecule has 5 heteroatoms. The monoisotopic (exact) mass is 345 g/mol. The molecule has 0 spiro atoms. The van der Waals surface area contributed by atoms with Gasteiger partial charge in [0, 0.05) is 12.1 Å². The Balaban J connectivity index is 1.75. The number of esters is 1. The minimum atomic E-state index is -0.531. The number of benzene rings is 1. The first-order chi connectivity index (χ1) is 12.0. The second kappa shape index (κ2) is 9.25. The molecule has 0 bridgehead atoms. The van der Waals surface area contributed by atoms with E-state index >= 15 is 0 Å². The molecule has 1 aliphatic carbocycles. The lowest BCUT2D eigenvalue weighted by Gasteiger charge is -2.34. The van der Waals surface area contributed by atoms with Crippen molar-refractivity contribution in [2.75, 3.05) is 13.7 Å². The Bertz CT molecular complexity index is 609. The van der Waals surface area contributed by atoms with Gasteiger partial charge in [-0.15, -0.1) is 0 Å². The second-order valence-electron chi connectivity index (χ2n) is 6.66. The topological polar surface area (TPSA) is 64.6 Å². The fourth-order valence-corrected chi connectivity index (χ4v) is 3.10. The minimum absolute atomic E-state index is 0.171. The van der Waals surface area contributed by atoms with Gasteiger partial charge in [0.2, 0.25) is 0 Å². The molecule has 1 aliphatic rings. The van der Waals surface area contributed by atoms with Crippen molar-refractivity contribution >= 4 is 18.0 Å². The van der Waals surface area contributed by atoms with Gasteiger partial charge in [0.15, 0.2) is 6.61 Å². The van der Waals surface area contributed by atoms with Gasteiger partial charge < -0.3 is 14.8 Å². The van der Waals surface area contributed by atoms with Gasteiger partial charge in [0.25, 0.3) is 5.91 Å². The van der Waals surface area contributed by atoms with Gasteiger partial charge in [-0.1, -0.05) is 38.8 Å². The maximum atomic E-state index is 12.0. The molecule has 0 saturated heterocycles. The molecule has 0 radical (unpaired) electrons. The number of methoxy groups -OCH3 is 1.